The summed E-state index contributed by atoms with van der Waals surface area (Å²) in [4.78, 5) is 23.4. The molecule has 1 atom stereocenters. The third kappa shape index (κ3) is 4.11. The topological polar surface area (TPSA) is 102 Å². The van der Waals surface area contributed by atoms with Crippen molar-refractivity contribution in [2.45, 2.75) is 23.5 Å². The molecule has 0 aromatic heterocycles. The molecule has 0 spiro atoms. The number of anilines is 2. The van der Waals surface area contributed by atoms with Gasteiger partial charge < -0.3 is 15.4 Å². The number of ether oxygens (including phenoxy) is 1. The SMILES string of the molecule is C[C@@H](CC(=O)Nc1ccc(F)cc1F)S(=O)(=O)c1ccc2c(c1)NC(=O)CO2. The fourth-order valence-electron chi connectivity index (χ4n) is 2.63. The minimum Gasteiger partial charge on any atom is -0.482 e. The van der Waals surface area contributed by atoms with Gasteiger partial charge in [0.05, 0.1) is 21.5 Å². The Bertz CT molecular complexity index is 1060. The highest BCUT2D eigenvalue weighted by molar-refractivity contribution is 7.92. The van der Waals surface area contributed by atoms with Gasteiger partial charge >= 0.3 is 0 Å². The molecule has 0 saturated heterocycles. The quantitative estimate of drug-likeness (QED) is 0.789. The fraction of sp³-hybridized carbons (Fsp3) is 0.222. The molecule has 3 rings (SSSR count). The number of hydrogen-bond acceptors (Lipinski definition) is 5. The molecular formula is C18H16F2N2O5S. The van der Waals surface area contributed by atoms with Crippen LogP contribution in [0.1, 0.15) is 13.3 Å². The van der Waals surface area contributed by atoms with Crippen LogP contribution >= 0.6 is 0 Å². The number of amides is 2. The van der Waals surface area contributed by atoms with Crippen molar-refractivity contribution in [2.24, 2.45) is 0 Å². The number of halogens is 2. The number of nitrogens with one attached hydrogen (secondary N) is 2. The van der Waals surface area contributed by atoms with Crippen LogP contribution in [0.4, 0.5) is 20.2 Å². The van der Waals surface area contributed by atoms with E-state index >= 15 is 0 Å². The summed E-state index contributed by atoms with van der Waals surface area (Å²) in [5.74, 6) is -2.56. The first-order valence-electron chi connectivity index (χ1n) is 8.22. The Morgan fingerprint density at radius 2 is 2.00 bits per heavy atom. The summed E-state index contributed by atoms with van der Waals surface area (Å²) in [7, 11) is -3.92. The second kappa shape index (κ2) is 7.55. The fourth-order valence-corrected chi connectivity index (χ4v) is 4.01. The lowest BCUT2D eigenvalue weighted by atomic mass is 10.2. The molecule has 28 heavy (non-hydrogen) atoms. The summed E-state index contributed by atoms with van der Waals surface area (Å²) in [5, 5.41) is 3.61. The van der Waals surface area contributed by atoms with E-state index in [1.54, 1.807) is 0 Å². The van der Waals surface area contributed by atoms with Gasteiger partial charge in [0, 0.05) is 12.5 Å². The highest BCUT2D eigenvalue weighted by Gasteiger charge is 2.28. The van der Waals surface area contributed by atoms with Crippen LogP contribution in [0.3, 0.4) is 0 Å². The summed E-state index contributed by atoms with van der Waals surface area (Å²) >= 11 is 0. The van der Waals surface area contributed by atoms with Crippen LogP contribution in [-0.2, 0) is 19.4 Å². The van der Waals surface area contributed by atoms with E-state index in [0.717, 1.165) is 12.1 Å². The lowest BCUT2D eigenvalue weighted by Gasteiger charge is -2.19. The predicted octanol–water partition coefficient (Wildman–Crippen LogP) is 2.49. The van der Waals surface area contributed by atoms with Gasteiger partial charge in [-0.1, -0.05) is 0 Å². The molecule has 1 heterocycles. The van der Waals surface area contributed by atoms with Crippen LogP contribution in [-0.4, -0.2) is 32.1 Å². The Morgan fingerprint density at radius 3 is 2.71 bits per heavy atom. The number of rotatable bonds is 5. The lowest BCUT2D eigenvalue weighted by molar-refractivity contribution is -0.118. The van der Waals surface area contributed by atoms with Crippen molar-refractivity contribution in [3.63, 3.8) is 0 Å². The number of carbonyl (C=O) groups is 2. The average molecular weight is 410 g/mol. The van der Waals surface area contributed by atoms with Crippen LogP contribution in [0.2, 0.25) is 0 Å². The van der Waals surface area contributed by atoms with Gasteiger partial charge in [-0.2, -0.15) is 0 Å². The first-order valence-corrected chi connectivity index (χ1v) is 9.77. The Hall–Kier alpha value is -3.01. The molecule has 2 N–H and O–H groups in total. The van der Waals surface area contributed by atoms with Gasteiger partial charge in [0.1, 0.15) is 17.4 Å². The molecule has 0 radical (unpaired) electrons. The number of sulfone groups is 1. The molecule has 10 heteroatoms. The standard InChI is InChI=1S/C18H16F2N2O5S/c1-10(6-17(23)21-14-4-2-11(19)7-13(14)20)28(25,26)12-3-5-16-15(8-12)22-18(24)9-27-16/h2-5,7-8,10H,6,9H2,1H3,(H,21,23)(H,22,24)/t10-/m0/s1. The number of benzene rings is 2. The molecule has 2 aromatic carbocycles. The van der Waals surface area contributed by atoms with E-state index < -0.39 is 45.0 Å². The number of carbonyl (C=O) groups excluding carboxylic acids is 2. The highest BCUT2D eigenvalue weighted by atomic mass is 32.2. The van der Waals surface area contributed by atoms with E-state index in [4.69, 9.17) is 4.74 Å². The van der Waals surface area contributed by atoms with E-state index in [1.807, 2.05) is 0 Å². The summed E-state index contributed by atoms with van der Waals surface area (Å²) < 4.78 is 57.2. The largest absolute Gasteiger partial charge is 0.482 e. The smallest absolute Gasteiger partial charge is 0.262 e. The number of fused-ring (bicyclic) bond motifs is 1. The molecule has 2 amide bonds. The molecule has 0 unspecified atom stereocenters. The van der Waals surface area contributed by atoms with Crippen LogP contribution in [0, 0.1) is 11.6 Å². The van der Waals surface area contributed by atoms with Crippen molar-refractivity contribution < 1.29 is 31.5 Å². The molecule has 0 saturated carbocycles. The van der Waals surface area contributed by atoms with Crippen molar-refractivity contribution in [2.75, 3.05) is 17.2 Å². The molecule has 0 bridgehead atoms. The predicted molar refractivity (Wildman–Crippen MR) is 96.8 cm³/mol. The molecule has 1 aliphatic heterocycles. The summed E-state index contributed by atoms with van der Waals surface area (Å²) in [6.45, 7) is 1.18. The van der Waals surface area contributed by atoms with Gasteiger partial charge in [0.15, 0.2) is 16.4 Å². The first-order chi connectivity index (χ1) is 13.2. The molecule has 7 nitrogen and oxygen atoms in total. The summed E-state index contributed by atoms with van der Waals surface area (Å²) in [5.41, 5.74) is -0.0213. The monoisotopic (exact) mass is 410 g/mol. The van der Waals surface area contributed by atoms with Gasteiger partial charge in [-0.25, -0.2) is 17.2 Å². The van der Waals surface area contributed by atoms with Crippen molar-refractivity contribution in [3.05, 3.63) is 48.0 Å². The number of hydrogen-bond donors (Lipinski definition) is 2. The molecule has 0 fully saturated rings. The third-order valence-corrected chi connectivity index (χ3v) is 6.26. The summed E-state index contributed by atoms with van der Waals surface area (Å²) in [6, 6.07) is 6.63. The van der Waals surface area contributed by atoms with Crippen LogP contribution in [0.25, 0.3) is 0 Å². The van der Waals surface area contributed by atoms with Crippen molar-refractivity contribution in [1.82, 2.24) is 0 Å². The van der Waals surface area contributed by atoms with Gasteiger partial charge in [0.2, 0.25) is 5.91 Å². The maximum atomic E-state index is 13.6. The lowest BCUT2D eigenvalue weighted by Crippen LogP contribution is -2.27. The Balaban J connectivity index is 1.74. The zero-order valence-electron chi connectivity index (χ0n) is 14.7. The van der Waals surface area contributed by atoms with E-state index in [2.05, 4.69) is 10.6 Å². The Morgan fingerprint density at radius 1 is 1.25 bits per heavy atom. The maximum absolute atomic E-state index is 13.6. The summed E-state index contributed by atoms with van der Waals surface area (Å²) in [6.07, 6.45) is -0.445. The van der Waals surface area contributed by atoms with Gasteiger partial charge in [-0.15, -0.1) is 0 Å². The van der Waals surface area contributed by atoms with Crippen molar-refractivity contribution in [3.8, 4) is 5.75 Å². The maximum Gasteiger partial charge on any atom is 0.262 e. The zero-order chi connectivity index (χ0) is 20.5. The minimum absolute atomic E-state index is 0.0923. The van der Waals surface area contributed by atoms with Crippen LogP contribution in [0.5, 0.6) is 5.75 Å². The van der Waals surface area contributed by atoms with Crippen LogP contribution < -0.4 is 15.4 Å². The molecule has 2 aromatic rings. The minimum atomic E-state index is -3.92. The molecule has 148 valence electrons. The second-order valence-electron chi connectivity index (χ2n) is 6.23. The zero-order valence-corrected chi connectivity index (χ0v) is 15.5. The van der Waals surface area contributed by atoms with E-state index in [-0.39, 0.29) is 22.9 Å². The highest BCUT2D eigenvalue weighted by Crippen LogP contribution is 2.31. The van der Waals surface area contributed by atoms with Crippen molar-refractivity contribution >= 4 is 33.0 Å². The molecular weight excluding hydrogens is 394 g/mol. The third-order valence-electron chi connectivity index (χ3n) is 4.12. The van der Waals surface area contributed by atoms with Gasteiger partial charge in [-0.05, 0) is 37.3 Å². The molecule has 1 aliphatic rings. The van der Waals surface area contributed by atoms with Gasteiger partial charge in [0.25, 0.3) is 5.91 Å². The van der Waals surface area contributed by atoms with E-state index in [0.29, 0.717) is 11.8 Å². The van der Waals surface area contributed by atoms with E-state index in [1.165, 1.54) is 25.1 Å². The second-order valence-corrected chi connectivity index (χ2v) is 8.59. The molecule has 0 aliphatic carbocycles. The normalized spacial score (nSPS) is 14.5. The Kier molecular flexibility index (Phi) is 5.32. The van der Waals surface area contributed by atoms with Crippen molar-refractivity contribution in [1.29, 1.82) is 0 Å². The first kappa shape index (κ1) is 19.7. The van der Waals surface area contributed by atoms with E-state index in [9.17, 15) is 26.8 Å². The van der Waals surface area contributed by atoms with Gasteiger partial charge in [-0.3, -0.25) is 9.59 Å². The Labute approximate surface area is 159 Å². The van der Waals surface area contributed by atoms with Crippen LogP contribution in [0.15, 0.2) is 41.3 Å². The average Bonchev–Trinajstić information content (AvgIpc) is 2.63.